The molecule has 1 aromatic carbocycles. The predicted molar refractivity (Wildman–Crippen MR) is 161 cm³/mol. The summed E-state index contributed by atoms with van der Waals surface area (Å²) in [7, 11) is 1.75. The highest BCUT2D eigenvalue weighted by Crippen LogP contribution is 2.38. The van der Waals surface area contributed by atoms with E-state index in [1.165, 1.54) is 92.6 Å². The Labute approximate surface area is 241 Å². The standard InChI is InChI=1S/C29H53INO5P/c1-31(2,3)23-27-36-37(32,33)35-26-17-25-34-24-16-14-12-10-8-6-4-5-7-9-11-13-15-18-28-19-21-29(30)22-20-28/h19-22H,4-18,23-27H2,1-3H3. The number of phosphoric ester groups is 1. The number of benzene rings is 1. The zero-order valence-corrected chi connectivity index (χ0v) is 26.8. The molecule has 0 aliphatic carbocycles. The van der Waals surface area contributed by atoms with Crippen LogP contribution < -0.4 is 4.89 Å². The lowest BCUT2D eigenvalue weighted by molar-refractivity contribution is -0.870. The molecule has 0 amide bonds. The van der Waals surface area contributed by atoms with Gasteiger partial charge in [0.15, 0.2) is 0 Å². The van der Waals surface area contributed by atoms with Crippen LogP contribution in [-0.2, 0) is 24.8 Å². The van der Waals surface area contributed by atoms with Gasteiger partial charge in [-0.1, -0.05) is 82.8 Å². The fourth-order valence-electron chi connectivity index (χ4n) is 4.03. The normalized spacial score (nSPS) is 13.6. The number of phosphoric acid groups is 1. The van der Waals surface area contributed by atoms with Crippen LogP contribution in [0.3, 0.4) is 0 Å². The van der Waals surface area contributed by atoms with Gasteiger partial charge < -0.3 is 23.2 Å². The monoisotopic (exact) mass is 653 g/mol. The van der Waals surface area contributed by atoms with E-state index in [-0.39, 0.29) is 13.2 Å². The Morgan fingerprint density at radius 1 is 0.676 bits per heavy atom. The van der Waals surface area contributed by atoms with Crippen LogP contribution in [0.2, 0.25) is 0 Å². The third-order valence-electron chi connectivity index (χ3n) is 6.36. The quantitative estimate of drug-likeness (QED) is 0.0473. The van der Waals surface area contributed by atoms with Crippen molar-refractivity contribution in [1.82, 2.24) is 0 Å². The Kier molecular flexibility index (Phi) is 20.6. The van der Waals surface area contributed by atoms with Gasteiger partial charge in [0.2, 0.25) is 0 Å². The Bertz CT molecular complexity index is 711. The minimum Gasteiger partial charge on any atom is -0.756 e. The van der Waals surface area contributed by atoms with Crippen LogP contribution in [0, 0.1) is 3.57 Å². The van der Waals surface area contributed by atoms with E-state index in [1.807, 2.05) is 21.1 Å². The molecular weight excluding hydrogens is 600 g/mol. The third-order valence-corrected chi connectivity index (χ3v) is 8.08. The molecule has 1 unspecified atom stereocenters. The summed E-state index contributed by atoms with van der Waals surface area (Å²) >= 11 is 2.36. The highest BCUT2D eigenvalue weighted by molar-refractivity contribution is 14.1. The minimum absolute atomic E-state index is 0.110. The molecule has 0 radical (unpaired) electrons. The zero-order chi connectivity index (χ0) is 27.2. The van der Waals surface area contributed by atoms with Gasteiger partial charge in [-0.15, -0.1) is 0 Å². The molecular formula is C29H53INO5P. The average Bonchev–Trinajstić information content (AvgIpc) is 2.83. The van der Waals surface area contributed by atoms with Crippen LogP contribution in [-0.4, -0.2) is 58.6 Å². The maximum atomic E-state index is 11.7. The van der Waals surface area contributed by atoms with Gasteiger partial charge in [0, 0.05) is 16.8 Å². The van der Waals surface area contributed by atoms with Gasteiger partial charge in [0.1, 0.15) is 13.2 Å². The lowest BCUT2D eigenvalue weighted by Gasteiger charge is -2.27. The van der Waals surface area contributed by atoms with Crippen molar-refractivity contribution < 1.29 is 27.7 Å². The van der Waals surface area contributed by atoms with E-state index in [4.69, 9.17) is 13.8 Å². The molecule has 1 aromatic rings. The van der Waals surface area contributed by atoms with Crippen molar-refractivity contribution >= 4 is 30.4 Å². The Hall–Kier alpha value is -0.0200. The number of quaternary nitrogens is 1. The molecule has 0 saturated carbocycles. The molecule has 6 nitrogen and oxygen atoms in total. The van der Waals surface area contributed by atoms with Gasteiger partial charge in [-0.25, -0.2) is 0 Å². The second-order valence-corrected chi connectivity index (χ2v) is 13.7. The highest BCUT2D eigenvalue weighted by atomic mass is 127. The van der Waals surface area contributed by atoms with Crippen LogP contribution in [0.4, 0.5) is 0 Å². The lowest BCUT2D eigenvalue weighted by Crippen LogP contribution is -2.37. The molecule has 0 saturated heterocycles. The average molecular weight is 654 g/mol. The number of nitrogens with zero attached hydrogens (tertiary/aromatic N) is 1. The second-order valence-electron chi connectivity index (χ2n) is 11.1. The van der Waals surface area contributed by atoms with Crippen molar-refractivity contribution in [2.24, 2.45) is 0 Å². The van der Waals surface area contributed by atoms with Crippen LogP contribution in [0.15, 0.2) is 24.3 Å². The summed E-state index contributed by atoms with van der Waals surface area (Å²) in [5.74, 6) is 0. The molecule has 0 fully saturated rings. The molecule has 0 spiro atoms. The van der Waals surface area contributed by atoms with Crippen LogP contribution in [0.5, 0.6) is 0 Å². The van der Waals surface area contributed by atoms with Crippen LogP contribution >= 0.6 is 30.4 Å². The van der Waals surface area contributed by atoms with Gasteiger partial charge in [-0.05, 0) is 66.0 Å². The molecule has 0 N–H and O–H groups in total. The number of hydrogen-bond donors (Lipinski definition) is 0. The van der Waals surface area contributed by atoms with Crippen molar-refractivity contribution in [3.05, 3.63) is 33.4 Å². The Morgan fingerprint density at radius 2 is 1.14 bits per heavy atom. The van der Waals surface area contributed by atoms with Crippen molar-refractivity contribution in [2.75, 3.05) is 54.1 Å². The van der Waals surface area contributed by atoms with E-state index < -0.39 is 7.82 Å². The van der Waals surface area contributed by atoms with Gasteiger partial charge >= 0.3 is 0 Å². The minimum atomic E-state index is -4.20. The maximum Gasteiger partial charge on any atom is 0.268 e. The van der Waals surface area contributed by atoms with Crippen molar-refractivity contribution in [3.8, 4) is 0 Å². The topological polar surface area (TPSA) is 67.8 Å². The number of aryl methyl sites for hydroxylation is 1. The molecule has 0 aliphatic rings. The van der Waals surface area contributed by atoms with Gasteiger partial charge in [-0.2, -0.15) is 0 Å². The first-order valence-electron chi connectivity index (χ1n) is 14.4. The third kappa shape index (κ3) is 23.6. The van der Waals surface area contributed by atoms with E-state index in [1.54, 1.807) is 0 Å². The van der Waals surface area contributed by atoms with Crippen molar-refractivity contribution in [3.63, 3.8) is 0 Å². The molecule has 0 aliphatic heterocycles. The van der Waals surface area contributed by atoms with Crippen LogP contribution in [0.1, 0.15) is 95.5 Å². The largest absolute Gasteiger partial charge is 0.756 e. The lowest BCUT2D eigenvalue weighted by atomic mass is 10.0. The summed E-state index contributed by atoms with van der Waals surface area (Å²) in [6.45, 7) is 2.11. The van der Waals surface area contributed by atoms with Gasteiger partial charge in [0.05, 0.1) is 27.7 Å². The van der Waals surface area contributed by atoms with E-state index in [0.717, 1.165) is 13.0 Å². The molecule has 0 heterocycles. The summed E-state index contributed by atoms with van der Waals surface area (Å²) in [6, 6.07) is 8.93. The maximum absolute atomic E-state index is 11.7. The highest BCUT2D eigenvalue weighted by Gasteiger charge is 2.13. The molecule has 37 heavy (non-hydrogen) atoms. The fraction of sp³-hybridized carbons (Fsp3) is 0.793. The van der Waals surface area contributed by atoms with Gasteiger partial charge in [0.25, 0.3) is 7.82 Å². The molecule has 8 heteroatoms. The molecule has 216 valence electrons. The van der Waals surface area contributed by atoms with Crippen molar-refractivity contribution in [2.45, 2.75) is 96.3 Å². The number of halogens is 1. The van der Waals surface area contributed by atoms with Gasteiger partial charge in [-0.3, -0.25) is 4.57 Å². The predicted octanol–water partition coefficient (Wildman–Crippen LogP) is 7.52. The smallest absolute Gasteiger partial charge is 0.268 e. The zero-order valence-electron chi connectivity index (χ0n) is 23.8. The number of likely N-dealkylation sites (N-methyl/N-ethyl adjacent to an activating group) is 1. The SMILES string of the molecule is C[N+](C)(C)CCOP(=O)([O-])OCCCOCCCCCCCCCCCCCCCc1ccc(I)cc1. The first-order valence-corrected chi connectivity index (χ1v) is 16.9. The summed E-state index contributed by atoms with van der Waals surface area (Å²) in [5, 5.41) is 0. The molecule has 0 bridgehead atoms. The van der Waals surface area contributed by atoms with Crippen LogP contribution in [0.25, 0.3) is 0 Å². The van der Waals surface area contributed by atoms with E-state index >= 15 is 0 Å². The van der Waals surface area contributed by atoms with E-state index in [9.17, 15) is 9.46 Å². The number of rotatable bonds is 25. The number of unbranched alkanes of at least 4 members (excludes halogenated alkanes) is 12. The molecule has 0 aromatic heterocycles. The van der Waals surface area contributed by atoms with E-state index in [2.05, 4.69) is 46.9 Å². The summed E-state index contributed by atoms with van der Waals surface area (Å²) < 4.78 is 29.0. The molecule has 1 rings (SSSR count). The molecule has 1 atom stereocenters. The number of ether oxygens (including phenoxy) is 1. The summed E-state index contributed by atoms with van der Waals surface area (Å²) in [6.07, 6.45) is 19.0. The van der Waals surface area contributed by atoms with E-state index in [0.29, 0.717) is 24.1 Å². The summed E-state index contributed by atoms with van der Waals surface area (Å²) in [4.78, 5) is 11.7. The fourth-order valence-corrected chi connectivity index (χ4v) is 5.12. The Morgan fingerprint density at radius 3 is 1.68 bits per heavy atom. The second kappa shape index (κ2) is 21.8. The first kappa shape index (κ1) is 35.0. The summed E-state index contributed by atoms with van der Waals surface area (Å²) in [5.41, 5.74) is 1.47. The van der Waals surface area contributed by atoms with Crippen molar-refractivity contribution in [1.29, 1.82) is 0 Å². The number of hydrogen-bond acceptors (Lipinski definition) is 5. The Balaban J connectivity index is 1.75. The first-order chi connectivity index (χ1) is 17.7.